The number of allylic oxidation sites excluding steroid dienone is 4. The lowest BCUT2D eigenvalue weighted by Crippen LogP contribution is -1.79. The Kier molecular flexibility index (Phi) is 11.6. The van der Waals surface area contributed by atoms with Crippen molar-refractivity contribution in [2.45, 2.75) is 65.2 Å². The highest BCUT2D eigenvalue weighted by Gasteiger charge is 1.88. The molecule has 0 saturated heterocycles. The predicted octanol–water partition coefficient (Wildman–Crippen LogP) is 4.83. The summed E-state index contributed by atoms with van der Waals surface area (Å²) in [6, 6.07) is 0. The molecule has 0 heterocycles. The molecule has 0 aromatic heterocycles. The first-order chi connectivity index (χ1) is 7.77. The van der Waals surface area contributed by atoms with E-state index in [4.69, 9.17) is 0 Å². The summed E-state index contributed by atoms with van der Waals surface area (Å²) in [7, 11) is 0. The van der Waals surface area contributed by atoms with Crippen LogP contribution < -0.4 is 0 Å². The van der Waals surface area contributed by atoms with Crippen LogP contribution in [0, 0.1) is 0 Å². The zero-order chi connectivity index (χ0) is 12.1. The van der Waals surface area contributed by atoms with Crippen LogP contribution in [0.25, 0.3) is 0 Å². The summed E-state index contributed by atoms with van der Waals surface area (Å²) < 4.78 is 0. The molecule has 0 spiro atoms. The maximum Gasteiger partial charge on any atom is 0.152 e. The molecule has 0 fully saturated rings. The van der Waals surface area contributed by atoms with Gasteiger partial charge in [-0.3, -0.25) is 4.79 Å². The van der Waals surface area contributed by atoms with Crippen LogP contribution in [0.2, 0.25) is 0 Å². The van der Waals surface area contributed by atoms with Gasteiger partial charge >= 0.3 is 0 Å². The van der Waals surface area contributed by atoms with E-state index in [1.807, 2.05) is 12.2 Å². The van der Waals surface area contributed by atoms with E-state index in [9.17, 15) is 4.79 Å². The lowest BCUT2D eigenvalue weighted by atomic mass is 10.1. The van der Waals surface area contributed by atoms with Gasteiger partial charge in [0.05, 0.1) is 0 Å². The zero-order valence-electron chi connectivity index (χ0n) is 10.9. The lowest BCUT2D eigenvalue weighted by Gasteiger charge is -1.98. The number of carbonyl (C=O) groups is 1. The molecule has 0 aliphatic carbocycles. The average Bonchev–Trinajstić information content (AvgIpc) is 2.25. The summed E-state index contributed by atoms with van der Waals surface area (Å²) in [4.78, 5) is 10.6. The van der Waals surface area contributed by atoms with Crippen LogP contribution in [0.4, 0.5) is 0 Å². The monoisotopic (exact) mass is 222 g/mol. The number of ketones is 1. The molecule has 0 amide bonds. The molecule has 1 heteroatoms. The first-order valence-corrected chi connectivity index (χ1v) is 6.61. The van der Waals surface area contributed by atoms with Crippen LogP contribution >= 0.6 is 0 Å². The Hall–Kier alpha value is -0.850. The third-order valence-electron chi connectivity index (χ3n) is 2.55. The van der Waals surface area contributed by atoms with E-state index in [2.05, 4.69) is 13.0 Å². The average molecular weight is 222 g/mol. The maximum atomic E-state index is 10.6. The fourth-order valence-corrected chi connectivity index (χ4v) is 1.59. The first kappa shape index (κ1) is 15.2. The molecule has 0 unspecified atom stereocenters. The van der Waals surface area contributed by atoms with Gasteiger partial charge in [0.1, 0.15) is 0 Å². The molecule has 0 radical (unpaired) electrons. The number of hydrogen-bond donors (Lipinski definition) is 0. The van der Waals surface area contributed by atoms with Crippen molar-refractivity contribution in [2.24, 2.45) is 0 Å². The number of carbonyl (C=O) groups excluding carboxylic acids is 1. The third-order valence-corrected chi connectivity index (χ3v) is 2.55. The standard InChI is InChI=1S/C15H26O/c1-3-4-5-6-7-8-9-10-11-12-13-14-15(2)16/h11-14H,3-10H2,1-2H3. The SMILES string of the molecule is CCCCCCCCCC=CC=CC(C)=O. The summed E-state index contributed by atoms with van der Waals surface area (Å²) in [5.74, 6) is 0.112. The molecule has 1 nitrogen and oxygen atoms in total. The highest BCUT2D eigenvalue weighted by Crippen LogP contribution is 2.08. The maximum absolute atomic E-state index is 10.6. The normalized spacial score (nSPS) is 11.6. The Bertz CT molecular complexity index is 213. The molecular weight excluding hydrogens is 196 g/mol. The van der Waals surface area contributed by atoms with E-state index < -0.39 is 0 Å². The van der Waals surface area contributed by atoms with E-state index in [1.54, 1.807) is 13.0 Å². The second-order valence-corrected chi connectivity index (χ2v) is 4.31. The van der Waals surface area contributed by atoms with Crippen LogP contribution in [0.5, 0.6) is 0 Å². The van der Waals surface area contributed by atoms with Crippen molar-refractivity contribution >= 4 is 5.78 Å². The second-order valence-electron chi connectivity index (χ2n) is 4.31. The molecule has 0 atom stereocenters. The number of unbranched alkanes of at least 4 members (excludes halogenated alkanes) is 7. The van der Waals surface area contributed by atoms with Gasteiger partial charge in [-0.25, -0.2) is 0 Å². The largest absolute Gasteiger partial charge is 0.295 e. The molecule has 0 rings (SSSR count). The van der Waals surface area contributed by atoms with Gasteiger partial charge in [-0.15, -0.1) is 0 Å². The van der Waals surface area contributed by atoms with Crippen molar-refractivity contribution in [2.75, 3.05) is 0 Å². The molecule has 0 N–H and O–H groups in total. The van der Waals surface area contributed by atoms with Crippen molar-refractivity contribution in [1.29, 1.82) is 0 Å². The fraction of sp³-hybridized carbons (Fsp3) is 0.667. The highest BCUT2D eigenvalue weighted by molar-refractivity contribution is 5.87. The van der Waals surface area contributed by atoms with E-state index in [1.165, 1.54) is 44.9 Å². The van der Waals surface area contributed by atoms with Crippen molar-refractivity contribution < 1.29 is 4.79 Å². The molecular formula is C15H26O. The topological polar surface area (TPSA) is 17.1 Å². The summed E-state index contributed by atoms with van der Waals surface area (Å²) in [5, 5.41) is 0. The van der Waals surface area contributed by atoms with Gasteiger partial charge in [0.2, 0.25) is 0 Å². The van der Waals surface area contributed by atoms with Crippen LogP contribution in [0.3, 0.4) is 0 Å². The summed E-state index contributed by atoms with van der Waals surface area (Å²) in [5.41, 5.74) is 0. The quantitative estimate of drug-likeness (QED) is 0.294. The molecule has 16 heavy (non-hydrogen) atoms. The fourth-order valence-electron chi connectivity index (χ4n) is 1.59. The van der Waals surface area contributed by atoms with Crippen molar-refractivity contribution in [3.63, 3.8) is 0 Å². The Balaban J connectivity index is 3.17. The minimum Gasteiger partial charge on any atom is -0.295 e. The van der Waals surface area contributed by atoms with Gasteiger partial charge in [0, 0.05) is 0 Å². The molecule has 92 valence electrons. The van der Waals surface area contributed by atoms with Crippen LogP contribution in [0.1, 0.15) is 65.2 Å². The van der Waals surface area contributed by atoms with E-state index in [-0.39, 0.29) is 5.78 Å². The summed E-state index contributed by atoms with van der Waals surface area (Å²) in [6.07, 6.45) is 18.2. The third kappa shape index (κ3) is 13.2. The Morgan fingerprint density at radius 3 is 2.19 bits per heavy atom. The minimum atomic E-state index is 0.112. The van der Waals surface area contributed by atoms with Gasteiger partial charge in [0.25, 0.3) is 0 Å². The Morgan fingerprint density at radius 2 is 1.56 bits per heavy atom. The molecule has 0 aliphatic heterocycles. The second kappa shape index (κ2) is 12.2. The van der Waals surface area contributed by atoms with Crippen LogP contribution in [-0.4, -0.2) is 5.78 Å². The molecule has 0 saturated carbocycles. The minimum absolute atomic E-state index is 0.112. The van der Waals surface area contributed by atoms with Gasteiger partial charge in [-0.1, -0.05) is 63.7 Å². The number of hydrogen-bond acceptors (Lipinski definition) is 1. The lowest BCUT2D eigenvalue weighted by molar-refractivity contribution is -0.112. The smallest absolute Gasteiger partial charge is 0.152 e. The van der Waals surface area contributed by atoms with Crippen LogP contribution in [0.15, 0.2) is 24.3 Å². The number of rotatable bonds is 10. The van der Waals surface area contributed by atoms with Crippen LogP contribution in [-0.2, 0) is 4.79 Å². The van der Waals surface area contributed by atoms with E-state index >= 15 is 0 Å². The summed E-state index contributed by atoms with van der Waals surface area (Å²) in [6.45, 7) is 3.82. The Morgan fingerprint density at radius 1 is 0.938 bits per heavy atom. The predicted molar refractivity (Wildman–Crippen MR) is 71.6 cm³/mol. The van der Waals surface area contributed by atoms with Gasteiger partial charge in [-0.05, 0) is 25.8 Å². The zero-order valence-corrected chi connectivity index (χ0v) is 10.9. The van der Waals surface area contributed by atoms with Gasteiger partial charge < -0.3 is 0 Å². The molecule has 0 aromatic rings. The van der Waals surface area contributed by atoms with Crippen molar-refractivity contribution in [1.82, 2.24) is 0 Å². The van der Waals surface area contributed by atoms with E-state index in [0.717, 1.165) is 6.42 Å². The molecule has 0 aromatic carbocycles. The first-order valence-electron chi connectivity index (χ1n) is 6.61. The summed E-state index contributed by atoms with van der Waals surface area (Å²) >= 11 is 0. The van der Waals surface area contributed by atoms with Crippen molar-refractivity contribution in [3.8, 4) is 0 Å². The van der Waals surface area contributed by atoms with Gasteiger partial charge in [0.15, 0.2) is 5.78 Å². The van der Waals surface area contributed by atoms with Gasteiger partial charge in [-0.2, -0.15) is 0 Å². The van der Waals surface area contributed by atoms with E-state index in [0.29, 0.717) is 0 Å². The van der Waals surface area contributed by atoms with Crippen molar-refractivity contribution in [3.05, 3.63) is 24.3 Å². The Labute approximate surface area is 101 Å². The molecule has 0 bridgehead atoms. The highest BCUT2D eigenvalue weighted by atomic mass is 16.1. The molecule has 0 aliphatic rings.